The Labute approximate surface area is 115 Å². The molecule has 1 aliphatic carbocycles. The molecular weight excluding hydrogens is 266 g/mol. The van der Waals surface area contributed by atoms with Crippen LogP contribution < -0.4 is 10.6 Å². The number of carbonyl (C=O) groups is 2. The summed E-state index contributed by atoms with van der Waals surface area (Å²) in [6.45, 7) is 0. The van der Waals surface area contributed by atoms with Gasteiger partial charge in [-0.15, -0.1) is 0 Å². The summed E-state index contributed by atoms with van der Waals surface area (Å²) in [6.07, 6.45) is 1.21. The molecule has 8 nitrogen and oxygen atoms in total. The molecule has 0 aromatic rings. The summed E-state index contributed by atoms with van der Waals surface area (Å²) in [4.78, 5) is 27.3. The van der Waals surface area contributed by atoms with E-state index in [4.69, 9.17) is 9.47 Å². The molecule has 2 aliphatic rings. The van der Waals surface area contributed by atoms with E-state index in [9.17, 15) is 9.59 Å². The third-order valence-corrected chi connectivity index (χ3v) is 2.86. The molecule has 0 saturated heterocycles. The van der Waals surface area contributed by atoms with Crippen LogP contribution in [0, 0.1) is 0 Å². The van der Waals surface area contributed by atoms with Crippen LogP contribution in [0.1, 0.15) is 0 Å². The van der Waals surface area contributed by atoms with E-state index in [-0.39, 0.29) is 5.91 Å². The Balaban J connectivity index is 2.28. The van der Waals surface area contributed by atoms with Gasteiger partial charge in [-0.05, 0) is 6.08 Å². The molecule has 0 radical (unpaired) electrons. The van der Waals surface area contributed by atoms with Gasteiger partial charge in [0.1, 0.15) is 11.9 Å². The number of alkyl carbamates (subject to hydrolysis) is 1. The molecule has 2 amide bonds. The number of rotatable bonds is 3. The average Bonchev–Trinajstić information content (AvgIpc) is 2.45. The number of nitrogens with one attached hydrogen (secondary N) is 2. The molecule has 2 N–H and O–H groups in total. The van der Waals surface area contributed by atoms with Crippen LogP contribution in [0.15, 0.2) is 28.5 Å². The molecule has 0 bridgehead atoms. The average molecular weight is 281 g/mol. The second-order valence-electron chi connectivity index (χ2n) is 4.01. The highest BCUT2D eigenvalue weighted by molar-refractivity contribution is 6.27. The zero-order valence-corrected chi connectivity index (χ0v) is 11.3. The Morgan fingerprint density at radius 2 is 2.15 bits per heavy atom. The number of amides is 2. The normalized spacial score (nSPS) is 24.6. The second kappa shape index (κ2) is 5.74. The Bertz CT molecular complexity index is 523. The minimum absolute atomic E-state index is 0.357. The molecule has 0 fully saturated rings. The largest absolute Gasteiger partial charge is 0.498 e. The Morgan fingerprint density at radius 1 is 1.40 bits per heavy atom. The van der Waals surface area contributed by atoms with E-state index >= 15 is 0 Å². The highest BCUT2D eigenvalue weighted by atomic mass is 16.5. The van der Waals surface area contributed by atoms with Crippen molar-refractivity contribution in [2.75, 3.05) is 21.3 Å². The first-order chi connectivity index (χ1) is 9.58. The van der Waals surface area contributed by atoms with Crippen molar-refractivity contribution >= 4 is 17.7 Å². The summed E-state index contributed by atoms with van der Waals surface area (Å²) in [7, 11) is 4.24. The van der Waals surface area contributed by atoms with E-state index in [0.717, 1.165) is 0 Å². The van der Waals surface area contributed by atoms with Crippen LogP contribution in [0.5, 0.6) is 0 Å². The van der Waals surface area contributed by atoms with Crippen LogP contribution in [0.2, 0.25) is 0 Å². The predicted octanol–water partition coefficient (Wildman–Crippen LogP) is -0.318. The van der Waals surface area contributed by atoms with Gasteiger partial charge in [0, 0.05) is 13.2 Å². The van der Waals surface area contributed by atoms with Gasteiger partial charge in [0.2, 0.25) is 6.29 Å². The minimum atomic E-state index is -0.879. The van der Waals surface area contributed by atoms with E-state index < -0.39 is 18.5 Å². The number of nitrogens with zero attached hydrogens (tertiary/aromatic N) is 1. The van der Waals surface area contributed by atoms with Crippen molar-refractivity contribution in [3.8, 4) is 0 Å². The smallest absolute Gasteiger partial charge is 0.409 e. The van der Waals surface area contributed by atoms with Crippen molar-refractivity contribution < 1.29 is 23.8 Å². The molecular formula is C12H15N3O5. The van der Waals surface area contributed by atoms with Crippen LogP contribution in [-0.2, 0) is 19.0 Å². The third-order valence-electron chi connectivity index (χ3n) is 2.86. The maximum absolute atomic E-state index is 12.0. The Kier molecular flexibility index (Phi) is 4.04. The lowest BCUT2D eigenvalue weighted by atomic mass is 9.98. The third kappa shape index (κ3) is 2.64. The lowest BCUT2D eigenvalue weighted by Crippen LogP contribution is -2.51. The van der Waals surface area contributed by atoms with E-state index in [1.165, 1.54) is 21.3 Å². The molecule has 2 unspecified atom stereocenters. The van der Waals surface area contributed by atoms with Crippen LogP contribution in [0.3, 0.4) is 0 Å². The standard InChI is InChI=1S/C12H15N3O5/c1-18-8-4-6-7(5-9(8)19-2)13-11(14-10(6)16)15-12(17)20-3/h4-5,8,11H,1-3H3,(H,14,16)(H,15,17). The molecule has 20 heavy (non-hydrogen) atoms. The fraction of sp³-hybridized carbons (Fsp3) is 0.417. The van der Waals surface area contributed by atoms with Crippen molar-refractivity contribution in [1.29, 1.82) is 0 Å². The zero-order valence-electron chi connectivity index (χ0n) is 11.3. The van der Waals surface area contributed by atoms with Crippen molar-refractivity contribution in [3.63, 3.8) is 0 Å². The zero-order chi connectivity index (χ0) is 14.7. The van der Waals surface area contributed by atoms with E-state index in [1.807, 2.05) is 0 Å². The van der Waals surface area contributed by atoms with Crippen LogP contribution in [0.4, 0.5) is 4.79 Å². The molecule has 0 aromatic heterocycles. The number of fused-ring (bicyclic) bond motifs is 1. The lowest BCUT2D eigenvalue weighted by molar-refractivity contribution is -0.118. The van der Waals surface area contributed by atoms with Crippen molar-refractivity contribution in [1.82, 2.24) is 10.6 Å². The van der Waals surface area contributed by atoms with Crippen molar-refractivity contribution in [2.24, 2.45) is 4.99 Å². The number of carbonyl (C=O) groups excluding carboxylic acids is 2. The topological polar surface area (TPSA) is 98.2 Å². The molecule has 2 atom stereocenters. The number of hydrogen-bond acceptors (Lipinski definition) is 6. The Hall–Kier alpha value is -2.35. The summed E-state index contributed by atoms with van der Waals surface area (Å²) in [5, 5.41) is 4.91. The van der Waals surface area contributed by atoms with Crippen molar-refractivity contribution in [2.45, 2.75) is 12.4 Å². The molecule has 8 heteroatoms. The summed E-state index contributed by atoms with van der Waals surface area (Å²) >= 11 is 0. The van der Waals surface area contributed by atoms with Crippen molar-refractivity contribution in [3.05, 3.63) is 23.5 Å². The SMILES string of the molecule is COC(=O)NC1N=C2C=C(OC)C(OC)C=C2C(=O)N1. The Morgan fingerprint density at radius 3 is 2.75 bits per heavy atom. The first kappa shape index (κ1) is 14.1. The maximum atomic E-state index is 12.0. The van der Waals surface area contributed by atoms with Gasteiger partial charge in [-0.3, -0.25) is 10.1 Å². The summed E-state index contributed by atoms with van der Waals surface area (Å²) < 4.78 is 14.8. The number of aliphatic imine (C=N–C) groups is 1. The molecule has 1 aliphatic heterocycles. The molecule has 108 valence electrons. The first-order valence-corrected chi connectivity index (χ1v) is 5.82. The van der Waals surface area contributed by atoms with Gasteiger partial charge >= 0.3 is 6.09 Å². The number of hydrogen-bond donors (Lipinski definition) is 2. The number of allylic oxidation sites excluding steroid dienone is 1. The van der Waals surface area contributed by atoms with Gasteiger partial charge in [-0.2, -0.15) is 0 Å². The highest BCUT2D eigenvalue weighted by Gasteiger charge is 2.31. The highest BCUT2D eigenvalue weighted by Crippen LogP contribution is 2.21. The molecule has 2 rings (SSSR count). The number of methoxy groups -OCH3 is 3. The summed E-state index contributed by atoms with van der Waals surface area (Å²) in [5.74, 6) is 0.173. The van der Waals surface area contributed by atoms with E-state index in [2.05, 4.69) is 20.4 Å². The van der Waals surface area contributed by atoms with Gasteiger partial charge in [-0.25, -0.2) is 9.79 Å². The number of ether oxygens (including phenoxy) is 3. The predicted molar refractivity (Wildman–Crippen MR) is 68.9 cm³/mol. The quantitative estimate of drug-likeness (QED) is 0.739. The van der Waals surface area contributed by atoms with E-state index in [0.29, 0.717) is 17.0 Å². The van der Waals surface area contributed by atoms with Gasteiger partial charge in [0.15, 0.2) is 0 Å². The second-order valence-corrected chi connectivity index (χ2v) is 4.01. The maximum Gasteiger partial charge on any atom is 0.409 e. The van der Waals surface area contributed by atoms with Gasteiger partial charge in [0.25, 0.3) is 5.91 Å². The minimum Gasteiger partial charge on any atom is -0.498 e. The van der Waals surface area contributed by atoms with Gasteiger partial charge < -0.3 is 19.5 Å². The fourth-order valence-corrected chi connectivity index (χ4v) is 1.88. The monoisotopic (exact) mass is 281 g/mol. The molecule has 0 spiro atoms. The van der Waals surface area contributed by atoms with Gasteiger partial charge in [0.05, 0.1) is 25.5 Å². The molecule has 0 aromatic carbocycles. The van der Waals surface area contributed by atoms with Crippen LogP contribution >= 0.6 is 0 Å². The lowest BCUT2D eigenvalue weighted by Gasteiger charge is -2.27. The first-order valence-electron chi connectivity index (χ1n) is 5.82. The van der Waals surface area contributed by atoms with Crippen LogP contribution in [0.25, 0.3) is 0 Å². The van der Waals surface area contributed by atoms with Gasteiger partial charge in [-0.1, -0.05) is 0 Å². The van der Waals surface area contributed by atoms with Crippen LogP contribution in [-0.4, -0.2) is 51.4 Å². The molecule has 1 heterocycles. The molecule has 0 saturated carbocycles. The van der Waals surface area contributed by atoms with E-state index in [1.54, 1.807) is 12.2 Å². The summed E-state index contributed by atoms with van der Waals surface area (Å²) in [6, 6.07) is 0. The summed E-state index contributed by atoms with van der Waals surface area (Å²) in [5.41, 5.74) is 0.792. The fourth-order valence-electron chi connectivity index (χ4n) is 1.88.